The fourth-order valence-electron chi connectivity index (χ4n) is 0.766. The van der Waals surface area contributed by atoms with Gasteiger partial charge in [-0.05, 0) is 0 Å². The maximum absolute atomic E-state index is 10.8. The van der Waals surface area contributed by atoms with E-state index in [0.717, 1.165) is 0 Å². The second-order valence-corrected chi connectivity index (χ2v) is 2.44. The first kappa shape index (κ1) is 9.44. The molecule has 0 spiro atoms. The third kappa shape index (κ3) is 2.40. The summed E-state index contributed by atoms with van der Waals surface area (Å²) < 4.78 is 9.37. The van der Waals surface area contributed by atoms with Crippen molar-refractivity contribution in [3.63, 3.8) is 0 Å². The topological polar surface area (TPSA) is 69.4 Å². The van der Waals surface area contributed by atoms with Crippen molar-refractivity contribution in [1.29, 1.82) is 0 Å². The molecule has 0 N–H and O–H groups in total. The molecule has 1 heterocycles. The Morgan fingerprint density at radius 1 is 1.62 bits per heavy atom. The lowest BCUT2D eigenvalue weighted by Crippen LogP contribution is -2.03. The number of Topliss-reactive ketones (excluding diaryl/α,β-unsaturated/α-hetero) is 1. The molecule has 0 radical (unpaired) electrons. The van der Waals surface area contributed by atoms with Crippen LogP contribution in [0.25, 0.3) is 0 Å². The Morgan fingerprint density at radius 3 is 2.77 bits per heavy atom. The van der Waals surface area contributed by atoms with E-state index in [1.165, 1.54) is 20.2 Å². The maximum Gasteiger partial charge on any atom is 0.313 e. The minimum absolute atomic E-state index is 0.00319. The monoisotopic (exact) mass is 183 g/mol. The highest BCUT2D eigenvalue weighted by Gasteiger charge is 2.11. The van der Waals surface area contributed by atoms with Crippen molar-refractivity contribution in [2.24, 2.45) is 0 Å². The molecule has 1 aromatic heterocycles. The molecule has 0 unspecified atom stereocenters. The van der Waals surface area contributed by atoms with E-state index in [9.17, 15) is 9.59 Å². The Balaban J connectivity index is 2.69. The fraction of sp³-hybridized carbons (Fsp3) is 0.375. The minimum atomic E-state index is -0.425. The van der Waals surface area contributed by atoms with E-state index < -0.39 is 5.97 Å². The molecule has 5 heteroatoms. The summed E-state index contributed by atoms with van der Waals surface area (Å²) in [7, 11) is 1.28. The summed E-state index contributed by atoms with van der Waals surface area (Å²) in [6, 6.07) is 0. The molecular formula is C8H9NO4. The first-order valence-corrected chi connectivity index (χ1v) is 3.66. The molecule has 0 saturated heterocycles. The Bertz CT molecular complexity index is 329. The second-order valence-electron chi connectivity index (χ2n) is 2.44. The second kappa shape index (κ2) is 3.84. The average molecular weight is 183 g/mol. The number of methoxy groups -OCH3 is 1. The molecule has 5 nitrogen and oxygen atoms in total. The number of rotatable bonds is 3. The van der Waals surface area contributed by atoms with Crippen LogP contribution in [0, 0.1) is 0 Å². The number of carbonyl (C=O) groups is 2. The highest BCUT2D eigenvalue weighted by molar-refractivity contribution is 5.89. The summed E-state index contributed by atoms with van der Waals surface area (Å²) in [4.78, 5) is 25.2. The minimum Gasteiger partial charge on any atom is -0.469 e. The molecule has 70 valence electrons. The normalized spacial score (nSPS) is 9.69. The number of carbonyl (C=O) groups excluding carboxylic acids is 2. The zero-order chi connectivity index (χ0) is 9.84. The van der Waals surface area contributed by atoms with Crippen molar-refractivity contribution in [1.82, 2.24) is 4.98 Å². The van der Waals surface area contributed by atoms with Crippen LogP contribution < -0.4 is 0 Å². The van der Waals surface area contributed by atoms with Crippen molar-refractivity contribution in [3.8, 4) is 0 Å². The number of ether oxygens (including phenoxy) is 1. The van der Waals surface area contributed by atoms with Crippen molar-refractivity contribution in [3.05, 3.63) is 17.8 Å². The van der Waals surface area contributed by atoms with Gasteiger partial charge in [0.2, 0.25) is 5.78 Å². The molecule has 0 aliphatic rings. The summed E-state index contributed by atoms with van der Waals surface area (Å²) in [5.74, 6) is -0.349. The summed E-state index contributed by atoms with van der Waals surface area (Å²) in [6.45, 7) is 1.34. The molecule has 13 heavy (non-hydrogen) atoms. The molecular weight excluding hydrogens is 174 g/mol. The first-order chi connectivity index (χ1) is 6.13. The Kier molecular flexibility index (Phi) is 2.79. The summed E-state index contributed by atoms with van der Waals surface area (Å²) >= 11 is 0. The number of esters is 1. The van der Waals surface area contributed by atoms with Crippen LogP contribution in [0.4, 0.5) is 0 Å². The lowest BCUT2D eigenvalue weighted by atomic mass is 10.4. The molecule has 0 fully saturated rings. The van der Waals surface area contributed by atoms with E-state index in [1.54, 1.807) is 0 Å². The zero-order valence-corrected chi connectivity index (χ0v) is 7.36. The molecule has 1 rings (SSSR count). The number of nitrogens with zero attached hydrogens (tertiary/aromatic N) is 1. The molecule has 0 saturated carbocycles. The van der Waals surface area contributed by atoms with Crippen LogP contribution in [0.15, 0.2) is 10.6 Å². The number of aromatic nitrogens is 1. The largest absolute Gasteiger partial charge is 0.469 e. The van der Waals surface area contributed by atoms with E-state index >= 15 is 0 Å². The smallest absolute Gasteiger partial charge is 0.313 e. The number of oxazole rings is 1. The maximum atomic E-state index is 10.8. The molecule has 0 amide bonds. The van der Waals surface area contributed by atoms with E-state index in [0.29, 0.717) is 5.76 Å². The van der Waals surface area contributed by atoms with Crippen molar-refractivity contribution in [2.75, 3.05) is 7.11 Å². The van der Waals surface area contributed by atoms with Gasteiger partial charge in [-0.25, -0.2) is 4.98 Å². The predicted molar refractivity (Wildman–Crippen MR) is 42.2 cm³/mol. The van der Waals surface area contributed by atoms with Gasteiger partial charge in [0.15, 0.2) is 0 Å². The van der Waals surface area contributed by atoms with Crippen molar-refractivity contribution >= 4 is 11.8 Å². The number of hydrogen-bond acceptors (Lipinski definition) is 5. The number of ketones is 1. The van der Waals surface area contributed by atoms with Gasteiger partial charge in [-0.1, -0.05) is 0 Å². The Hall–Kier alpha value is -1.65. The molecule has 0 atom stereocenters. The lowest BCUT2D eigenvalue weighted by Gasteiger charge is -1.93. The van der Waals surface area contributed by atoms with Gasteiger partial charge < -0.3 is 9.15 Å². The number of hydrogen-bond donors (Lipinski definition) is 0. The van der Waals surface area contributed by atoms with Crippen LogP contribution in [0.3, 0.4) is 0 Å². The van der Waals surface area contributed by atoms with Crippen LogP contribution in [0.5, 0.6) is 0 Å². The standard InChI is InChI=1S/C8H9NO4/c1-5(10)8-9-4-6(13-8)3-7(11)12-2/h4H,3H2,1-2H3. The van der Waals surface area contributed by atoms with Crippen LogP contribution >= 0.6 is 0 Å². The molecule has 0 aliphatic carbocycles. The SMILES string of the molecule is COC(=O)Cc1cnc(C(C)=O)o1. The van der Waals surface area contributed by atoms with Gasteiger partial charge in [0.25, 0.3) is 5.89 Å². The average Bonchev–Trinajstić information content (AvgIpc) is 2.52. The van der Waals surface area contributed by atoms with Gasteiger partial charge in [-0.3, -0.25) is 9.59 Å². The Labute approximate surface area is 74.7 Å². The fourth-order valence-corrected chi connectivity index (χ4v) is 0.766. The quantitative estimate of drug-likeness (QED) is 0.506. The Morgan fingerprint density at radius 2 is 2.31 bits per heavy atom. The third-order valence-electron chi connectivity index (χ3n) is 1.40. The molecule has 0 bridgehead atoms. The van der Waals surface area contributed by atoms with Crippen LogP contribution in [-0.4, -0.2) is 23.8 Å². The summed E-state index contributed by atoms with van der Waals surface area (Å²) in [5.41, 5.74) is 0. The highest BCUT2D eigenvalue weighted by atomic mass is 16.5. The van der Waals surface area contributed by atoms with Crippen molar-refractivity contribution < 1.29 is 18.7 Å². The van der Waals surface area contributed by atoms with Crippen LogP contribution in [0.1, 0.15) is 23.4 Å². The van der Waals surface area contributed by atoms with E-state index in [-0.39, 0.29) is 18.1 Å². The molecule has 0 aliphatic heterocycles. The zero-order valence-electron chi connectivity index (χ0n) is 7.36. The predicted octanol–water partition coefficient (Wildman–Crippen LogP) is 0.593. The molecule has 0 aromatic carbocycles. The third-order valence-corrected chi connectivity index (χ3v) is 1.40. The molecule has 1 aromatic rings. The van der Waals surface area contributed by atoms with Crippen LogP contribution in [0.2, 0.25) is 0 Å². The van der Waals surface area contributed by atoms with Gasteiger partial charge >= 0.3 is 5.97 Å². The van der Waals surface area contributed by atoms with Crippen molar-refractivity contribution in [2.45, 2.75) is 13.3 Å². The lowest BCUT2D eigenvalue weighted by molar-refractivity contribution is -0.140. The van der Waals surface area contributed by atoms with E-state index in [2.05, 4.69) is 9.72 Å². The van der Waals surface area contributed by atoms with Gasteiger partial charge in [0, 0.05) is 6.92 Å². The summed E-state index contributed by atoms with van der Waals surface area (Å²) in [5, 5.41) is 0. The van der Waals surface area contributed by atoms with Gasteiger partial charge in [0.05, 0.1) is 13.3 Å². The van der Waals surface area contributed by atoms with Crippen LogP contribution in [-0.2, 0) is 16.0 Å². The summed E-state index contributed by atoms with van der Waals surface area (Å²) in [6.07, 6.45) is 1.34. The highest BCUT2D eigenvalue weighted by Crippen LogP contribution is 2.05. The van der Waals surface area contributed by atoms with Gasteiger partial charge in [-0.2, -0.15) is 0 Å². The van der Waals surface area contributed by atoms with Gasteiger partial charge in [0.1, 0.15) is 12.2 Å². The first-order valence-electron chi connectivity index (χ1n) is 3.66. The van der Waals surface area contributed by atoms with E-state index in [4.69, 9.17) is 4.42 Å². The van der Waals surface area contributed by atoms with E-state index in [1.807, 2.05) is 0 Å². The van der Waals surface area contributed by atoms with Gasteiger partial charge in [-0.15, -0.1) is 0 Å².